The van der Waals surface area contributed by atoms with Crippen molar-refractivity contribution in [3.8, 4) is 6.07 Å². The fourth-order valence-corrected chi connectivity index (χ4v) is 2.91. The third kappa shape index (κ3) is 6.42. The molecule has 0 saturated carbocycles. The number of nitrogens with zero attached hydrogens (tertiary/aromatic N) is 1. The lowest BCUT2D eigenvalue weighted by atomic mass is 9.95. The molecule has 0 bridgehead atoms. The normalized spacial score (nSPS) is 11.6. The van der Waals surface area contributed by atoms with Crippen LogP contribution in [-0.2, 0) is 9.53 Å². The number of benzene rings is 2. The van der Waals surface area contributed by atoms with Gasteiger partial charge in [-0.25, -0.2) is 4.79 Å². The van der Waals surface area contributed by atoms with E-state index in [2.05, 4.69) is 19.9 Å². The second-order valence-corrected chi connectivity index (χ2v) is 6.97. The van der Waals surface area contributed by atoms with Crippen LogP contribution in [0.4, 0.5) is 0 Å². The molecule has 3 nitrogen and oxygen atoms in total. The molecular weight excluding hydrogens is 334 g/mol. The molecule has 2 aromatic carbocycles. The van der Waals surface area contributed by atoms with Crippen molar-refractivity contribution in [2.45, 2.75) is 39.5 Å². The van der Waals surface area contributed by atoms with E-state index in [0.717, 1.165) is 19.3 Å². The maximum atomic E-state index is 12.8. The monoisotopic (exact) mass is 361 g/mol. The maximum Gasteiger partial charge on any atom is 0.340 e. The lowest BCUT2D eigenvalue weighted by Gasteiger charge is -2.12. The summed E-state index contributed by atoms with van der Waals surface area (Å²) >= 11 is 0. The van der Waals surface area contributed by atoms with E-state index < -0.39 is 5.97 Å². The highest BCUT2D eigenvalue weighted by Gasteiger charge is 2.20. The van der Waals surface area contributed by atoms with E-state index in [1.807, 2.05) is 60.7 Å². The van der Waals surface area contributed by atoms with Gasteiger partial charge in [-0.05, 0) is 23.5 Å². The van der Waals surface area contributed by atoms with Gasteiger partial charge in [0.05, 0.1) is 17.8 Å². The van der Waals surface area contributed by atoms with Gasteiger partial charge in [-0.15, -0.1) is 0 Å². The molecular formula is C24H27NO2. The minimum absolute atomic E-state index is 0.325. The Morgan fingerprint density at radius 1 is 0.926 bits per heavy atom. The van der Waals surface area contributed by atoms with Gasteiger partial charge in [-0.3, -0.25) is 0 Å². The third-order valence-electron chi connectivity index (χ3n) is 4.35. The Bertz CT molecular complexity index is 786. The zero-order chi connectivity index (χ0) is 19.5. The van der Waals surface area contributed by atoms with E-state index in [-0.39, 0.29) is 0 Å². The van der Waals surface area contributed by atoms with Crippen molar-refractivity contribution in [1.29, 1.82) is 5.26 Å². The third-order valence-corrected chi connectivity index (χ3v) is 4.35. The number of nitriles is 1. The Hall–Kier alpha value is -2.86. The van der Waals surface area contributed by atoms with Crippen LogP contribution in [0.15, 0.2) is 60.7 Å². The standard InChI is InChI=1S/C24H27NO2/c1-19(2)12-6-5-11-17-27-24(26)23(21-15-9-4-10-16-21)22(18-25)20-13-7-3-8-14-20/h3-4,7-10,13-16,19H,5-6,11-12,17H2,1-2H3. The first-order valence-corrected chi connectivity index (χ1v) is 9.55. The Balaban J connectivity index is 2.18. The molecule has 0 N–H and O–H groups in total. The summed E-state index contributed by atoms with van der Waals surface area (Å²) in [6.45, 7) is 4.80. The zero-order valence-electron chi connectivity index (χ0n) is 16.2. The summed E-state index contributed by atoms with van der Waals surface area (Å²) in [5, 5.41) is 9.74. The second-order valence-electron chi connectivity index (χ2n) is 6.97. The number of ether oxygens (including phenoxy) is 1. The molecule has 3 heteroatoms. The number of unbranched alkanes of at least 4 members (excludes halogenated alkanes) is 2. The summed E-state index contributed by atoms with van der Waals surface area (Å²) in [7, 11) is 0. The van der Waals surface area contributed by atoms with Crippen molar-refractivity contribution < 1.29 is 9.53 Å². The molecule has 0 heterocycles. The first-order valence-electron chi connectivity index (χ1n) is 9.55. The highest BCUT2D eigenvalue weighted by atomic mass is 16.5. The van der Waals surface area contributed by atoms with Gasteiger partial charge in [0, 0.05) is 0 Å². The number of carbonyl (C=O) groups is 1. The molecule has 0 saturated heterocycles. The molecule has 0 radical (unpaired) electrons. The van der Waals surface area contributed by atoms with Crippen LogP contribution in [0.2, 0.25) is 0 Å². The van der Waals surface area contributed by atoms with E-state index in [1.165, 1.54) is 6.42 Å². The van der Waals surface area contributed by atoms with Crippen LogP contribution in [0.1, 0.15) is 50.7 Å². The average Bonchev–Trinajstić information content (AvgIpc) is 2.69. The van der Waals surface area contributed by atoms with Gasteiger partial charge in [-0.2, -0.15) is 5.26 Å². The number of esters is 1. The molecule has 0 aliphatic heterocycles. The minimum atomic E-state index is -0.439. The van der Waals surface area contributed by atoms with E-state index >= 15 is 0 Å². The summed E-state index contributed by atoms with van der Waals surface area (Å²) in [5.41, 5.74) is 2.08. The van der Waals surface area contributed by atoms with Gasteiger partial charge in [0.1, 0.15) is 6.07 Å². The summed E-state index contributed by atoms with van der Waals surface area (Å²) in [5.74, 6) is 0.259. The van der Waals surface area contributed by atoms with E-state index in [4.69, 9.17) is 4.74 Å². The van der Waals surface area contributed by atoms with Crippen molar-refractivity contribution in [2.75, 3.05) is 6.61 Å². The van der Waals surface area contributed by atoms with Crippen LogP contribution in [-0.4, -0.2) is 12.6 Å². The lowest BCUT2D eigenvalue weighted by Crippen LogP contribution is -2.10. The molecule has 27 heavy (non-hydrogen) atoms. The molecule has 0 aromatic heterocycles. The highest BCUT2D eigenvalue weighted by Crippen LogP contribution is 2.27. The van der Waals surface area contributed by atoms with Crippen molar-refractivity contribution in [3.05, 3.63) is 71.8 Å². The van der Waals surface area contributed by atoms with Crippen molar-refractivity contribution >= 4 is 17.1 Å². The van der Waals surface area contributed by atoms with Gasteiger partial charge >= 0.3 is 5.97 Å². The number of hydrogen-bond acceptors (Lipinski definition) is 3. The van der Waals surface area contributed by atoms with Gasteiger partial charge < -0.3 is 4.74 Å². The van der Waals surface area contributed by atoms with Gasteiger partial charge in [0.25, 0.3) is 0 Å². The second kappa shape index (κ2) is 11.0. The van der Waals surface area contributed by atoms with Crippen molar-refractivity contribution in [1.82, 2.24) is 0 Å². The molecule has 2 aromatic rings. The van der Waals surface area contributed by atoms with Crippen LogP contribution in [0, 0.1) is 17.2 Å². The fourth-order valence-electron chi connectivity index (χ4n) is 2.91. The first-order chi connectivity index (χ1) is 13.1. The molecule has 0 atom stereocenters. The lowest BCUT2D eigenvalue weighted by molar-refractivity contribution is -0.136. The Morgan fingerprint density at radius 3 is 2.07 bits per heavy atom. The fraction of sp³-hybridized carbons (Fsp3) is 0.333. The van der Waals surface area contributed by atoms with Gasteiger partial charge in [0.2, 0.25) is 0 Å². The molecule has 0 unspecified atom stereocenters. The van der Waals surface area contributed by atoms with E-state index in [0.29, 0.717) is 34.8 Å². The summed E-state index contributed by atoms with van der Waals surface area (Å²) in [6.07, 6.45) is 4.22. The Labute approximate surface area is 162 Å². The molecule has 0 aliphatic carbocycles. The number of allylic oxidation sites excluding steroid dienone is 1. The van der Waals surface area contributed by atoms with Crippen LogP contribution in [0.25, 0.3) is 11.1 Å². The maximum absolute atomic E-state index is 12.8. The predicted octanol–water partition coefficient (Wildman–Crippen LogP) is 5.88. The minimum Gasteiger partial charge on any atom is -0.462 e. The summed E-state index contributed by atoms with van der Waals surface area (Å²) in [6, 6.07) is 20.7. The Kier molecular flexibility index (Phi) is 8.32. The SMILES string of the molecule is CC(C)CCCCCOC(=O)C(=C(C#N)c1ccccc1)c1ccccc1. The van der Waals surface area contributed by atoms with Crippen LogP contribution in [0.3, 0.4) is 0 Å². The molecule has 0 amide bonds. The van der Waals surface area contributed by atoms with Crippen LogP contribution >= 0.6 is 0 Å². The number of rotatable bonds is 9. The van der Waals surface area contributed by atoms with Gasteiger partial charge in [0.15, 0.2) is 0 Å². The molecule has 0 fully saturated rings. The molecule has 140 valence electrons. The molecule has 0 spiro atoms. The summed E-state index contributed by atoms with van der Waals surface area (Å²) < 4.78 is 5.52. The number of carbonyl (C=O) groups excluding carboxylic acids is 1. The first kappa shape index (κ1) is 20.5. The topological polar surface area (TPSA) is 50.1 Å². The van der Waals surface area contributed by atoms with Crippen LogP contribution in [0.5, 0.6) is 0 Å². The van der Waals surface area contributed by atoms with Gasteiger partial charge in [-0.1, -0.05) is 93.8 Å². The summed E-state index contributed by atoms with van der Waals surface area (Å²) in [4.78, 5) is 12.8. The predicted molar refractivity (Wildman–Crippen MR) is 110 cm³/mol. The smallest absolute Gasteiger partial charge is 0.340 e. The zero-order valence-corrected chi connectivity index (χ0v) is 16.2. The Morgan fingerprint density at radius 2 is 1.52 bits per heavy atom. The van der Waals surface area contributed by atoms with Crippen LogP contribution < -0.4 is 0 Å². The van der Waals surface area contributed by atoms with Crippen molar-refractivity contribution in [3.63, 3.8) is 0 Å². The van der Waals surface area contributed by atoms with E-state index in [1.54, 1.807) is 0 Å². The molecule has 2 rings (SSSR count). The number of hydrogen-bond donors (Lipinski definition) is 0. The molecule has 0 aliphatic rings. The van der Waals surface area contributed by atoms with E-state index in [9.17, 15) is 10.1 Å². The largest absolute Gasteiger partial charge is 0.462 e. The highest BCUT2D eigenvalue weighted by molar-refractivity contribution is 6.26. The quantitative estimate of drug-likeness (QED) is 0.184. The average molecular weight is 361 g/mol. The van der Waals surface area contributed by atoms with Crippen molar-refractivity contribution in [2.24, 2.45) is 5.92 Å².